The molecule has 2 rings (SSSR count). The zero-order chi connectivity index (χ0) is 14.0. The van der Waals surface area contributed by atoms with E-state index in [-0.39, 0.29) is 5.91 Å². The number of fused-ring (bicyclic) bond motifs is 1. The van der Waals surface area contributed by atoms with Crippen molar-refractivity contribution in [2.75, 3.05) is 5.32 Å². The molecule has 1 atom stereocenters. The van der Waals surface area contributed by atoms with Gasteiger partial charge >= 0.3 is 0 Å². The molecular weight excluding hydrogens is 236 g/mol. The van der Waals surface area contributed by atoms with Crippen LogP contribution in [0.1, 0.15) is 45.2 Å². The van der Waals surface area contributed by atoms with E-state index >= 15 is 0 Å². The number of hydrogen-bond donors (Lipinski definition) is 1. The molecule has 1 aliphatic rings. The van der Waals surface area contributed by atoms with Gasteiger partial charge in [0.2, 0.25) is 5.91 Å². The van der Waals surface area contributed by atoms with Crippen LogP contribution in [0.4, 0.5) is 5.69 Å². The van der Waals surface area contributed by atoms with E-state index in [0.717, 1.165) is 18.8 Å². The van der Waals surface area contributed by atoms with Crippen LogP contribution in [0.15, 0.2) is 18.2 Å². The number of amides is 1. The first kappa shape index (κ1) is 14.1. The minimum Gasteiger partial charge on any atom is -0.326 e. The lowest BCUT2D eigenvalue weighted by atomic mass is 10.1. The molecule has 0 unspecified atom stereocenters. The number of anilines is 1. The van der Waals surface area contributed by atoms with Crippen molar-refractivity contribution in [3.8, 4) is 0 Å². The second kappa shape index (κ2) is 5.74. The van der Waals surface area contributed by atoms with Gasteiger partial charge in [0.25, 0.3) is 0 Å². The number of nitrogens with one attached hydrogen (secondary N) is 1. The smallest absolute Gasteiger partial charge is 0.224 e. The summed E-state index contributed by atoms with van der Waals surface area (Å²) in [5.74, 6) is 0.728. The highest BCUT2D eigenvalue weighted by molar-refractivity contribution is 5.91. The summed E-state index contributed by atoms with van der Waals surface area (Å²) in [4.78, 5) is 14.1. The normalized spacial score (nSPS) is 16.5. The lowest BCUT2D eigenvalue weighted by molar-refractivity contribution is -0.115. The van der Waals surface area contributed by atoms with Crippen molar-refractivity contribution in [2.45, 2.75) is 53.2 Å². The predicted octanol–water partition coefficient (Wildman–Crippen LogP) is 3.40. The van der Waals surface area contributed by atoms with Crippen molar-refractivity contribution in [1.82, 2.24) is 4.90 Å². The van der Waals surface area contributed by atoms with Gasteiger partial charge < -0.3 is 5.32 Å². The topological polar surface area (TPSA) is 32.3 Å². The third-order valence-corrected chi connectivity index (χ3v) is 4.14. The molecule has 0 aliphatic carbocycles. The molecule has 104 valence electrons. The Labute approximate surface area is 116 Å². The fraction of sp³-hybridized carbons (Fsp3) is 0.562. The van der Waals surface area contributed by atoms with E-state index < -0.39 is 0 Å². The van der Waals surface area contributed by atoms with Crippen LogP contribution < -0.4 is 5.32 Å². The maximum absolute atomic E-state index is 11.6. The average molecular weight is 260 g/mol. The minimum atomic E-state index is 0.0868. The van der Waals surface area contributed by atoms with Crippen LogP contribution in [0.2, 0.25) is 0 Å². The molecule has 1 aliphatic heterocycles. The highest BCUT2D eigenvalue weighted by Crippen LogP contribution is 2.31. The lowest BCUT2D eigenvalue weighted by Crippen LogP contribution is -2.32. The van der Waals surface area contributed by atoms with E-state index in [0.29, 0.717) is 18.4 Å². The first-order valence-corrected chi connectivity index (χ1v) is 7.17. The van der Waals surface area contributed by atoms with E-state index in [4.69, 9.17) is 0 Å². The molecule has 0 saturated heterocycles. The quantitative estimate of drug-likeness (QED) is 0.900. The van der Waals surface area contributed by atoms with E-state index in [1.807, 2.05) is 19.1 Å². The van der Waals surface area contributed by atoms with Gasteiger partial charge in [0.05, 0.1) is 0 Å². The van der Waals surface area contributed by atoms with Crippen LogP contribution in [-0.2, 0) is 17.9 Å². The Kier molecular flexibility index (Phi) is 4.25. The van der Waals surface area contributed by atoms with Crippen LogP contribution in [0.3, 0.4) is 0 Å². The SMILES string of the molecule is CCC(=O)Nc1cccc2c1CN([C@@H](C)C(C)C)C2. The van der Waals surface area contributed by atoms with Gasteiger partial charge in [-0.15, -0.1) is 0 Å². The maximum Gasteiger partial charge on any atom is 0.224 e. The molecule has 0 aromatic heterocycles. The number of rotatable bonds is 4. The summed E-state index contributed by atoms with van der Waals surface area (Å²) in [6.45, 7) is 10.6. The number of hydrogen-bond acceptors (Lipinski definition) is 2. The molecule has 1 heterocycles. The molecule has 0 saturated carbocycles. The second-order valence-corrected chi connectivity index (χ2v) is 5.73. The van der Waals surface area contributed by atoms with Crippen molar-refractivity contribution in [2.24, 2.45) is 5.92 Å². The van der Waals surface area contributed by atoms with Gasteiger partial charge in [-0.25, -0.2) is 0 Å². The summed E-state index contributed by atoms with van der Waals surface area (Å²) >= 11 is 0. The van der Waals surface area contributed by atoms with Crippen LogP contribution in [0.5, 0.6) is 0 Å². The molecule has 1 N–H and O–H groups in total. The number of benzene rings is 1. The zero-order valence-electron chi connectivity index (χ0n) is 12.4. The Balaban J connectivity index is 2.18. The van der Waals surface area contributed by atoms with Gasteiger partial charge in [0, 0.05) is 31.2 Å². The van der Waals surface area contributed by atoms with Gasteiger partial charge in [-0.3, -0.25) is 9.69 Å². The van der Waals surface area contributed by atoms with Crippen molar-refractivity contribution in [3.63, 3.8) is 0 Å². The molecule has 0 radical (unpaired) electrons. The van der Waals surface area contributed by atoms with Crippen molar-refractivity contribution >= 4 is 11.6 Å². The summed E-state index contributed by atoms with van der Waals surface area (Å²) in [5, 5.41) is 3.02. The third kappa shape index (κ3) is 2.98. The largest absolute Gasteiger partial charge is 0.326 e. The van der Waals surface area contributed by atoms with Crippen molar-refractivity contribution < 1.29 is 4.79 Å². The number of carbonyl (C=O) groups is 1. The molecule has 0 spiro atoms. The summed E-state index contributed by atoms with van der Waals surface area (Å²) in [6.07, 6.45) is 0.524. The zero-order valence-corrected chi connectivity index (χ0v) is 12.4. The first-order valence-electron chi connectivity index (χ1n) is 7.17. The Hall–Kier alpha value is -1.35. The van der Waals surface area contributed by atoms with Gasteiger partial charge in [0.1, 0.15) is 0 Å². The number of nitrogens with zero attached hydrogens (tertiary/aromatic N) is 1. The second-order valence-electron chi connectivity index (χ2n) is 5.73. The minimum absolute atomic E-state index is 0.0868. The van der Waals surface area contributed by atoms with E-state index in [9.17, 15) is 4.79 Å². The number of carbonyl (C=O) groups excluding carboxylic acids is 1. The molecule has 1 aromatic rings. The Morgan fingerprint density at radius 2 is 2.05 bits per heavy atom. The van der Waals surface area contributed by atoms with Crippen LogP contribution in [0.25, 0.3) is 0 Å². The van der Waals surface area contributed by atoms with Crippen molar-refractivity contribution in [3.05, 3.63) is 29.3 Å². The summed E-state index contributed by atoms with van der Waals surface area (Å²) in [5.41, 5.74) is 3.63. The maximum atomic E-state index is 11.6. The average Bonchev–Trinajstić information content (AvgIpc) is 2.82. The van der Waals surface area contributed by atoms with Crippen LogP contribution in [-0.4, -0.2) is 16.8 Å². The van der Waals surface area contributed by atoms with E-state index in [1.54, 1.807) is 0 Å². The fourth-order valence-corrected chi connectivity index (χ4v) is 2.51. The summed E-state index contributed by atoms with van der Waals surface area (Å²) in [6, 6.07) is 6.77. The molecule has 19 heavy (non-hydrogen) atoms. The van der Waals surface area contributed by atoms with E-state index in [1.165, 1.54) is 11.1 Å². The summed E-state index contributed by atoms with van der Waals surface area (Å²) < 4.78 is 0. The molecule has 1 amide bonds. The third-order valence-electron chi connectivity index (χ3n) is 4.14. The lowest BCUT2D eigenvalue weighted by Gasteiger charge is -2.27. The molecule has 3 nitrogen and oxygen atoms in total. The standard InChI is InChI=1S/C16H24N2O/c1-5-16(19)17-15-8-6-7-13-9-18(10-14(13)15)12(4)11(2)3/h6-8,11-12H,5,9-10H2,1-4H3,(H,17,19)/t12-/m0/s1. The highest BCUT2D eigenvalue weighted by atomic mass is 16.1. The van der Waals surface area contributed by atoms with Crippen LogP contribution in [0, 0.1) is 5.92 Å². The van der Waals surface area contributed by atoms with Crippen molar-refractivity contribution in [1.29, 1.82) is 0 Å². The van der Waals surface area contributed by atoms with Gasteiger partial charge in [0.15, 0.2) is 0 Å². The highest BCUT2D eigenvalue weighted by Gasteiger charge is 2.26. The van der Waals surface area contributed by atoms with Gasteiger partial charge in [-0.1, -0.05) is 32.9 Å². The van der Waals surface area contributed by atoms with Gasteiger partial charge in [-0.2, -0.15) is 0 Å². The van der Waals surface area contributed by atoms with Gasteiger partial charge in [-0.05, 0) is 30.0 Å². The Morgan fingerprint density at radius 3 is 2.68 bits per heavy atom. The molecule has 0 fully saturated rings. The van der Waals surface area contributed by atoms with Crippen LogP contribution >= 0.6 is 0 Å². The molecule has 3 heteroatoms. The molecule has 0 bridgehead atoms. The predicted molar refractivity (Wildman–Crippen MR) is 78.9 cm³/mol. The molecule has 1 aromatic carbocycles. The Morgan fingerprint density at radius 1 is 1.32 bits per heavy atom. The Bertz CT molecular complexity index is 468. The fourth-order valence-electron chi connectivity index (χ4n) is 2.51. The summed E-state index contributed by atoms with van der Waals surface area (Å²) in [7, 11) is 0. The van der Waals surface area contributed by atoms with E-state index in [2.05, 4.69) is 37.1 Å². The first-order chi connectivity index (χ1) is 9.02. The monoisotopic (exact) mass is 260 g/mol. The molecular formula is C16H24N2O.